The van der Waals surface area contributed by atoms with Gasteiger partial charge in [0.2, 0.25) is 5.78 Å². The lowest BCUT2D eigenvalue weighted by atomic mass is 10.0. The Labute approximate surface area is 151 Å². The highest BCUT2D eigenvalue weighted by molar-refractivity contribution is 5.73. The highest BCUT2D eigenvalue weighted by Crippen LogP contribution is 2.30. The maximum atomic E-state index is 12.8. The summed E-state index contributed by atoms with van der Waals surface area (Å²) in [5.74, 6) is -0.0457. The summed E-state index contributed by atoms with van der Waals surface area (Å²) < 4.78 is 39.9. The van der Waals surface area contributed by atoms with Gasteiger partial charge in [0.25, 0.3) is 0 Å². The first-order valence-corrected chi connectivity index (χ1v) is 7.84. The van der Waals surface area contributed by atoms with Crippen molar-refractivity contribution in [1.29, 1.82) is 5.26 Å². The summed E-state index contributed by atoms with van der Waals surface area (Å²) in [5.41, 5.74) is 2.01. The Morgan fingerprint density at radius 3 is 2.63 bits per heavy atom. The van der Waals surface area contributed by atoms with E-state index < -0.39 is 11.9 Å². The zero-order chi connectivity index (χ0) is 19.0. The lowest BCUT2D eigenvalue weighted by Crippen LogP contribution is -2.09. The fourth-order valence-electron chi connectivity index (χ4n) is 2.78. The number of imidazole rings is 1. The van der Waals surface area contributed by atoms with E-state index in [1.807, 2.05) is 0 Å². The van der Waals surface area contributed by atoms with Gasteiger partial charge < -0.3 is 0 Å². The van der Waals surface area contributed by atoms with E-state index in [2.05, 4.69) is 21.0 Å². The molecule has 0 saturated carbocycles. The molecule has 0 aliphatic heterocycles. The molecule has 132 valence electrons. The molecule has 0 spiro atoms. The van der Waals surface area contributed by atoms with Gasteiger partial charge in [-0.25, -0.2) is 9.97 Å². The minimum absolute atomic E-state index is 0.0457. The van der Waals surface area contributed by atoms with Gasteiger partial charge in [-0.2, -0.15) is 18.4 Å². The summed E-state index contributed by atoms with van der Waals surface area (Å²) in [6.07, 6.45) is -0.205. The molecule has 0 unspecified atom stereocenters. The fraction of sp³-hybridized carbons (Fsp3) is 0.0526. The van der Waals surface area contributed by atoms with Gasteiger partial charge in [-0.1, -0.05) is 18.2 Å². The van der Waals surface area contributed by atoms with Gasteiger partial charge in [-0.05, 0) is 24.3 Å². The van der Waals surface area contributed by atoms with Gasteiger partial charge in [0, 0.05) is 23.5 Å². The van der Waals surface area contributed by atoms with E-state index in [1.165, 1.54) is 16.8 Å². The van der Waals surface area contributed by atoms with Crippen molar-refractivity contribution in [3.05, 3.63) is 72.3 Å². The number of rotatable bonds is 2. The third-order valence-electron chi connectivity index (χ3n) is 4.05. The van der Waals surface area contributed by atoms with Crippen molar-refractivity contribution in [3.8, 4) is 28.6 Å². The third-order valence-corrected chi connectivity index (χ3v) is 4.05. The van der Waals surface area contributed by atoms with Crippen LogP contribution in [-0.4, -0.2) is 19.4 Å². The van der Waals surface area contributed by atoms with E-state index >= 15 is 0 Å². The standard InChI is InChI=1S/C19H10F3N5/c20-19(21,22)17-6-8-27-16(11-25-18(27)26-17)12-5-7-24-15(9-12)14-4-2-1-3-13(14)10-23/h1-9,11H. The summed E-state index contributed by atoms with van der Waals surface area (Å²) in [6.45, 7) is 0. The number of hydrogen-bond donors (Lipinski definition) is 0. The number of nitrogens with zero attached hydrogens (tertiary/aromatic N) is 5. The van der Waals surface area contributed by atoms with Crippen molar-refractivity contribution < 1.29 is 13.2 Å². The van der Waals surface area contributed by atoms with Crippen LogP contribution in [0, 0.1) is 11.3 Å². The van der Waals surface area contributed by atoms with Gasteiger partial charge in [0.1, 0.15) is 5.69 Å². The summed E-state index contributed by atoms with van der Waals surface area (Å²) in [5, 5.41) is 9.27. The Bertz CT molecular complexity index is 1190. The molecule has 0 aliphatic carbocycles. The quantitative estimate of drug-likeness (QED) is 0.530. The molecule has 5 nitrogen and oxygen atoms in total. The predicted octanol–water partition coefficient (Wildman–Crippen LogP) is 4.35. The molecule has 0 bridgehead atoms. The van der Waals surface area contributed by atoms with Crippen LogP contribution >= 0.6 is 0 Å². The smallest absolute Gasteiger partial charge is 0.284 e. The topological polar surface area (TPSA) is 66.9 Å². The van der Waals surface area contributed by atoms with Crippen molar-refractivity contribution >= 4 is 5.78 Å². The molecular weight excluding hydrogens is 355 g/mol. The number of hydrogen-bond acceptors (Lipinski definition) is 4. The molecule has 0 N–H and O–H groups in total. The number of alkyl halides is 3. The van der Waals surface area contributed by atoms with Crippen molar-refractivity contribution in [2.24, 2.45) is 0 Å². The molecule has 0 saturated heterocycles. The summed E-state index contributed by atoms with van der Waals surface area (Å²) >= 11 is 0. The number of halogens is 3. The first-order chi connectivity index (χ1) is 13.0. The van der Waals surface area contributed by atoms with Crippen molar-refractivity contribution in [3.63, 3.8) is 0 Å². The van der Waals surface area contributed by atoms with Gasteiger partial charge in [-0.3, -0.25) is 9.38 Å². The van der Waals surface area contributed by atoms with E-state index in [0.717, 1.165) is 6.07 Å². The number of aromatic nitrogens is 4. The monoisotopic (exact) mass is 365 g/mol. The molecule has 4 aromatic rings. The zero-order valence-corrected chi connectivity index (χ0v) is 13.6. The van der Waals surface area contributed by atoms with Crippen LogP contribution in [0.1, 0.15) is 11.3 Å². The van der Waals surface area contributed by atoms with E-state index in [-0.39, 0.29) is 5.78 Å². The van der Waals surface area contributed by atoms with Gasteiger partial charge in [0.05, 0.1) is 29.2 Å². The van der Waals surface area contributed by atoms with Crippen molar-refractivity contribution in [1.82, 2.24) is 19.4 Å². The molecule has 8 heteroatoms. The van der Waals surface area contributed by atoms with Gasteiger partial charge >= 0.3 is 6.18 Å². The normalized spacial score (nSPS) is 11.5. The predicted molar refractivity (Wildman–Crippen MR) is 91.4 cm³/mol. The fourth-order valence-corrected chi connectivity index (χ4v) is 2.78. The molecule has 1 aromatic carbocycles. The largest absolute Gasteiger partial charge is 0.433 e. The lowest BCUT2D eigenvalue weighted by molar-refractivity contribution is -0.141. The minimum Gasteiger partial charge on any atom is -0.284 e. The van der Waals surface area contributed by atoms with Crippen LogP contribution < -0.4 is 0 Å². The third kappa shape index (κ3) is 3.00. The van der Waals surface area contributed by atoms with E-state index in [1.54, 1.807) is 42.6 Å². The second-order valence-corrected chi connectivity index (χ2v) is 5.71. The Morgan fingerprint density at radius 1 is 1.04 bits per heavy atom. The van der Waals surface area contributed by atoms with Crippen LogP contribution in [0.25, 0.3) is 28.3 Å². The molecule has 3 heterocycles. The molecule has 0 fully saturated rings. The van der Waals surface area contributed by atoms with E-state index in [4.69, 9.17) is 0 Å². The Hall–Kier alpha value is -3.73. The van der Waals surface area contributed by atoms with Crippen molar-refractivity contribution in [2.75, 3.05) is 0 Å². The van der Waals surface area contributed by atoms with Gasteiger partial charge in [0.15, 0.2) is 0 Å². The molecule has 3 aromatic heterocycles. The molecule has 27 heavy (non-hydrogen) atoms. The van der Waals surface area contributed by atoms with Crippen LogP contribution in [0.15, 0.2) is 61.1 Å². The number of benzene rings is 1. The van der Waals surface area contributed by atoms with Crippen LogP contribution in [0.2, 0.25) is 0 Å². The maximum Gasteiger partial charge on any atom is 0.433 e. The molecule has 0 radical (unpaired) electrons. The average molecular weight is 365 g/mol. The van der Waals surface area contributed by atoms with Crippen LogP contribution in [0.5, 0.6) is 0 Å². The summed E-state index contributed by atoms with van der Waals surface area (Å²) in [6, 6.07) is 13.6. The average Bonchev–Trinajstić information content (AvgIpc) is 3.10. The molecular formula is C19H10F3N5. The van der Waals surface area contributed by atoms with Crippen molar-refractivity contribution in [2.45, 2.75) is 6.18 Å². The Kier molecular flexibility index (Phi) is 3.85. The highest BCUT2D eigenvalue weighted by Gasteiger charge is 2.33. The van der Waals surface area contributed by atoms with E-state index in [0.29, 0.717) is 28.1 Å². The summed E-state index contributed by atoms with van der Waals surface area (Å²) in [7, 11) is 0. The molecule has 0 atom stereocenters. The zero-order valence-electron chi connectivity index (χ0n) is 13.6. The van der Waals surface area contributed by atoms with Crippen LogP contribution in [0.3, 0.4) is 0 Å². The van der Waals surface area contributed by atoms with E-state index in [9.17, 15) is 18.4 Å². The highest BCUT2D eigenvalue weighted by atomic mass is 19.4. The summed E-state index contributed by atoms with van der Waals surface area (Å²) in [4.78, 5) is 11.9. The first-order valence-electron chi connectivity index (χ1n) is 7.84. The maximum absolute atomic E-state index is 12.8. The Balaban J connectivity index is 1.82. The first kappa shape index (κ1) is 16.7. The SMILES string of the molecule is N#Cc1ccccc1-c1cc(-c2cnc3nc(C(F)(F)F)ccn23)ccn1. The van der Waals surface area contributed by atoms with Crippen LogP contribution in [0.4, 0.5) is 13.2 Å². The second kappa shape index (κ2) is 6.21. The molecule has 0 amide bonds. The number of nitriles is 1. The molecule has 0 aliphatic rings. The molecule has 4 rings (SSSR count). The number of pyridine rings is 1. The Morgan fingerprint density at radius 2 is 1.85 bits per heavy atom. The van der Waals surface area contributed by atoms with Gasteiger partial charge in [-0.15, -0.1) is 0 Å². The second-order valence-electron chi connectivity index (χ2n) is 5.71. The van der Waals surface area contributed by atoms with Crippen LogP contribution in [-0.2, 0) is 6.18 Å². The number of fused-ring (bicyclic) bond motifs is 1. The lowest BCUT2D eigenvalue weighted by Gasteiger charge is -2.08. The minimum atomic E-state index is -4.53.